The molecule has 0 fully saturated rings. The van der Waals surface area contributed by atoms with E-state index in [9.17, 15) is 0 Å². The molecule has 0 radical (unpaired) electrons. The molecule has 0 spiro atoms. The molecule has 0 aliphatic heterocycles. The van der Waals surface area contributed by atoms with Crippen molar-refractivity contribution in [2.24, 2.45) is 0 Å². The molecular formula is C10H10Cl4. The van der Waals surface area contributed by atoms with Crippen LogP contribution in [0.2, 0.25) is 0 Å². The first kappa shape index (κ1) is 12.4. The first-order valence-corrected chi connectivity index (χ1v) is 5.73. The maximum absolute atomic E-state index is 6.11. The van der Waals surface area contributed by atoms with E-state index in [-0.39, 0.29) is 5.38 Å². The lowest BCUT2D eigenvalue weighted by molar-refractivity contribution is 0.820. The van der Waals surface area contributed by atoms with E-state index in [0.717, 1.165) is 11.1 Å². The highest BCUT2D eigenvalue weighted by Crippen LogP contribution is 2.39. The van der Waals surface area contributed by atoms with Gasteiger partial charge in [0.05, 0.1) is 5.38 Å². The van der Waals surface area contributed by atoms with Gasteiger partial charge in [0.15, 0.2) is 3.79 Å². The van der Waals surface area contributed by atoms with Crippen LogP contribution in [0.3, 0.4) is 0 Å². The molecule has 1 rings (SSSR count). The van der Waals surface area contributed by atoms with Crippen molar-refractivity contribution in [3.05, 3.63) is 35.4 Å². The summed E-state index contributed by atoms with van der Waals surface area (Å²) in [5, 5.41) is -0.262. The van der Waals surface area contributed by atoms with Gasteiger partial charge in [-0.3, -0.25) is 0 Å². The Bertz CT molecular complexity index is 303. The second-order valence-electron chi connectivity index (χ2n) is 3.20. The molecule has 0 nitrogen and oxygen atoms in total. The fourth-order valence-electron chi connectivity index (χ4n) is 1.19. The fraction of sp³-hybridized carbons (Fsp3) is 0.400. The molecule has 1 aromatic carbocycles. The minimum absolute atomic E-state index is 0.262. The molecule has 0 aliphatic rings. The number of rotatable bonds is 2. The van der Waals surface area contributed by atoms with Gasteiger partial charge >= 0.3 is 0 Å². The molecule has 0 heterocycles. The average molecular weight is 272 g/mol. The van der Waals surface area contributed by atoms with Crippen molar-refractivity contribution >= 4 is 46.4 Å². The van der Waals surface area contributed by atoms with Gasteiger partial charge in [-0.25, -0.2) is 0 Å². The van der Waals surface area contributed by atoms with Gasteiger partial charge in [0.25, 0.3) is 0 Å². The van der Waals surface area contributed by atoms with Gasteiger partial charge < -0.3 is 0 Å². The van der Waals surface area contributed by atoms with Crippen molar-refractivity contribution in [2.75, 3.05) is 0 Å². The van der Waals surface area contributed by atoms with Gasteiger partial charge in [-0.05, 0) is 12.5 Å². The van der Waals surface area contributed by atoms with Crippen LogP contribution in [0.5, 0.6) is 0 Å². The van der Waals surface area contributed by atoms with Crippen LogP contribution in [0.1, 0.15) is 22.9 Å². The second kappa shape index (κ2) is 4.94. The molecule has 0 N–H and O–H groups in total. The largest absolute Gasteiger partial charge is 0.192 e. The van der Waals surface area contributed by atoms with Crippen LogP contribution in [0, 0.1) is 6.92 Å². The van der Waals surface area contributed by atoms with E-state index in [0.29, 0.717) is 6.42 Å². The number of halogens is 4. The molecule has 0 saturated carbocycles. The first-order valence-electron chi connectivity index (χ1n) is 4.16. The van der Waals surface area contributed by atoms with E-state index in [4.69, 9.17) is 46.4 Å². The number of hydrogen-bond acceptors (Lipinski definition) is 0. The molecule has 1 atom stereocenters. The van der Waals surface area contributed by atoms with Crippen molar-refractivity contribution in [2.45, 2.75) is 22.5 Å². The number of aryl methyl sites for hydroxylation is 1. The summed E-state index contributed by atoms with van der Waals surface area (Å²) in [5.74, 6) is 0. The van der Waals surface area contributed by atoms with Crippen LogP contribution in [-0.2, 0) is 0 Å². The molecule has 4 heteroatoms. The number of alkyl halides is 4. The zero-order valence-corrected chi connectivity index (χ0v) is 10.6. The Kier molecular flexibility index (Phi) is 4.39. The highest BCUT2D eigenvalue weighted by atomic mass is 35.6. The predicted octanol–water partition coefficient (Wildman–Crippen LogP) is 5.04. The summed E-state index contributed by atoms with van der Waals surface area (Å²) in [4.78, 5) is 0. The van der Waals surface area contributed by atoms with Gasteiger partial charge in [-0.2, -0.15) is 0 Å². The lowest BCUT2D eigenvalue weighted by Gasteiger charge is -2.16. The Morgan fingerprint density at radius 1 is 1.29 bits per heavy atom. The lowest BCUT2D eigenvalue weighted by atomic mass is 10.1. The molecule has 0 aromatic heterocycles. The molecule has 0 bridgehead atoms. The fourth-order valence-corrected chi connectivity index (χ4v) is 2.25. The summed E-state index contributed by atoms with van der Waals surface area (Å²) in [6.07, 6.45) is 0.308. The van der Waals surface area contributed by atoms with Crippen LogP contribution in [0.25, 0.3) is 0 Å². The van der Waals surface area contributed by atoms with E-state index in [1.807, 2.05) is 31.2 Å². The van der Waals surface area contributed by atoms with Crippen LogP contribution in [0.4, 0.5) is 0 Å². The molecule has 78 valence electrons. The summed E-state index contributed by atoms with van der Waals surface area (Å²) in [6.45, 7) is 2.00. The quantitative estimate of drug-likeness (QED) is 0.662. The van der Waals surface area contributed by atoms with Gasteiger partial charge in [-0.15, -0.1) is 11.6 Å². The van der Waals surface area contributed by atoms with Gasteiger partial charge in [0.2, 0.25) is 0 Å². The Labute approximate surface area is 104 Å². The van der Waals surface area contributed by atoms with Gasteiger partial charge in [0, 0.05) is 6.42 Å². The van der Waals surface area contributed by atoms with Crippen LogP contribution >= 0.6 is 46.4 Å². The van der Waals surface area contributed by atoms with Crippen LogP contribution < -0.4 is 0 Å². The molecule has 0 saturated heterocycles. The van der Waals surface area contributed by atoms with E-state index in [1.165, 1.54) is 0 Å². The highest BCUT2D eigenvalue weighted by molar-refractivity contribution is 6.67. The first-order chi connectivity index (χ1) is 6.38. The summed E-state index contributed by atoms with van der Waals surface area (Å²) < 4.78 is -1.30. The summed E-state index contributed by atoms with van der Waals surface area (Å²) >= 11 is 23.1. The lowest BCUT2D eigenvalue weighted by Crippen LogP contribution is -2.06. The minimum atomic E-state index is -1.30. The van der Waals surface area contributed by atoms with E-state index >= 15 is 0 Å². The maximum Gasteiger partial charge on any atom is 0.192 e. The van der Waals surface area contributed by atoms with Crippen molar-refractivity contribution in [3.8, 4) is 0 Å². The third-order valence-corrected chi connectivity index (χ3v) is 2.68. The van der Waals surface area contributed by atoms with E-state index in [2.05, 4.69) is 0 Å². The normalized spacial score (nSPS) is 14.1. The van der Waals surface area contributed by atoms with Crippen LogP contribution in [-0.4, -0.2) is 3.79 Å². The summed E-state index contributed by atoms with van der Waals surface area (Å²) in [6, 6.07) is 7.87. The Morgan fingerprint density at radius 3 is 2.43 bits per heavy atom. The van der Waals surface area contributed by atoms with Gasteiger partial charge in [0.1, 0.15) is 0 Å². The zero-order valence-electron chi connectivity index (χ0n) is 7.61. The highest BCUT2D eigenvalue weighted by Gasteiger charge is 2.25. The Balaban J connectivity index is 2.74. The topological polar surface area (TPSA) is 0 Å². The third kappa shape index (κ3) is 4.27. The summed E-state index contributed by atoms with van der Waals surface area (Å²) in [5.41, 5.74) is 2.13. The smallest absolute Gasteiger partial charge is 0.118 e. The predicted molar refractivity (Wildman–Crippen MR) is 64.7 cm³/mol. The molecule has 1 unspecified atom stereocenters. The van der Waals surface area contributed by atoms with Crippen LogP contribution in [0.15, 0.2) is 24.3 Å². The molecule has 1 aromatic rings. The van der Waals surface area contributed by atoms with E-state index < -0.39 is 3.79 Å². The number of hydrogen-bond donors (Lipinski definition) is 0. The molecule has 14 heavy (non-hydrogen) atoms. The maximum atomic E-state index is 6.11. The standard InChI is InChI=1S/C10H10Cl4/c1-7-3-2-4-8(5-7)9(11)6-10(12,13)14/h2-5,9H,6H2,1H3. The molecule has 0 aliphatic carbocycles. The Hall–Kier alpha value is 0.380. The van der Waals surface area contributed by atoms with Crippen molar-refractivity contribution < 1.29 is 0 Å². The van der Waals surface area contributed by atoms with Crippen molar-refractivity contribution in [1.29, 1.82) is 0 Å². The third-order valence-electron chi connectivity index (χ3n) is 1.81. The zero-order chi connectivity index (χ0) is 10.8. The number of benzene rings is 1. The molecular weight excluding hydrogens is 262 g/mol. The van der Waals surface area contributed by atoms with E-state index in [1.54, 1.807) is 0 Å². The van der Waals surface area contributed by atoms with Gasteiger partial charge in [-0.1, -0.05) is 64.6 Å². The average Bonchev–Trinajstić information content (AvgIpc) is 2.01. The second-order valence-corrected chi connectivity index (χ2v) is 6.24. The summed E-state index contributed by atoms with van der Waals surface area (Å²) in [7, 11) is 0. The van der Waals surface area contributed by atoms with Crippen molar-refractivity contribution in [3.63, 3.8) is 0 Å². The van der Waals surface area contributed by atoms with Crippen molar-refractivity contribution in [1.82, 2.24) is 0 Å². The SMILES string of the molecule is Cc1cccc(C(Cl)CC(Cl)(Cl)Cl)c1. The monoisotopic (exact) mass is 270 g/mol. The Morgan fingerprint density at radius 2 is 1.93 bits per heavy atom. The molecule has 0 amide bonds. The minimum Gasteiger partial charge on any atom is -0.118 e.